The predicted molar refractivity (Wildman–Crippen MR) is 151 cm³/mol. The van der Waals surface area contributed by atoms with E-state index in [9.17, 15) is 4.79 Å². The molecule has 0 fully saturated rings. The molecule has 0 aliphatic carbocycles. The first-order valence-corrected chi connectivity index (χ1v) is 13.6. The molecule has 6 nitrogen and oxygen atoms in total. The van der Waals surface area contributed by atoms with Gasteiger partial charge in [-0.2, -0.15) is 5.10 Å². The highest BCUT2D eigenvalue weighted by Crippen LogP contribution is 2.19. The SMILES string of the molecule is CCCCCCCCOc1ccc(OCC(=O)N/N=C\c2cccc(OCc3cccc(Br)c3)c2)cc1. The van der Waals surface area contributed by atoms with Gasteiger partial charge in [-0.1, -0.05) is 79.2 Å². The van der Waals surface area contributed by atoms with E-state index in [1.165, 1.54) is 32.1 Å². The lowest BCUT2D eigenvalue weighted by Crippen LogP contribution is -2.24. The van der Waals surface area contributed by atoms with Crippen LogP contribution in [0.25, 0.3) is 0 Å². The lowest BCUT2D eigenvalue weighted by Gasteiger charge is -2.08. The van der Waals surface area contributed by atoms with Gasteiger partial charge in [0, 0.05) is 4.47 Å². The third-order valence-corrected chi connectivity index (χ3v) is 6.01. The molecule has 0 unspecified atom stereocenters. The topological polar surface area (TPSA) is 69.2 Å². The molecule has 0 spiro atoms. The summed E-state index contributed by atoms with van der Waals surface area (Å²) in [6.45, 7) is 3.26. The van der Waals surface area contributed by atoms with E-state index in [4.69, 9.17) is 14.2 Å². The van der Waals surface area contributed by atoms with Gasteiger partial charge in [0.1, 0.15) is 23.9 Å². The fourth-order valence-electron chi connectivity index (χ4n) is 3.54. The van der Waals surface area contributed by atoms with Crippen LogP contribution in [0, 0.1) is 0 Å². The van der Waals surface area contributed by atoms with E-state index in [0.717, 1.165) is 33.5 Å². The maximum atomic E-state index is 12.1. The quantitative estimate of drug-likeness (QED) is 0.112. The second-order valence-electron chi connectivity index (χ2n) is 8.66. The summed E-state index contributed by atoms with van der Waals surface area (Å²) in [5, 5.41) is 4.02. The lowest BCUT2D eigenvalue weighted by molar-refractivity contribution is -0.123. The molecule has 0 aliphatic rings. The van der Waals surface area contributed by atoms with Crippen molar-refractivity contribution >= 4 is 28.1 Å². The number of hydrogen-bond acceptors (Lipinski definition) is 5. The first kappa shape index (κ1) is 28.3. The highest BCUT2D eigenvalue weighted by atomic mass is 79.9. The maximum Gasteiger partial charge on any atom is 0.277 e. The fraction of sp³-hybridized carbons (Fsp3) is 0.333. The molecule has 3 rings (SSSR count). The number of ether oxygens (including phenoxy) is 3. The van der Waals surface area contributed by atoms with Crippen LogP contribution in [0.15, 0.2) is 82.4 Å². The molecule has 3 aromatic rings. The van der Waals surface area contributed by atoms with Crippen molar-refractivity contribution in [2.45, 2.75) is 52.1 Å². The summed E-state index contributed by atoms with van der Waals surface area (Å²) in [6.07, 6.45) is 8.97. The Morgan fingerprint density at radius 1 is 0.838 bits per heavy atom. The van der Waals surface area contributed by atoms with Crippen LogP contribution in [0.4, 0.5) is 0 Å². The minimum absolute atomic E-state index is 0.134. The Morgan fingerprint density at radius 2 is 1.57 bits per heavy atom. The van der Waals surface area contributed by atoms with Gasteiger partial charge in [0.05, 0.1) is 12.8 Å². The van der Waals surface area contributed by atoms with Gasteiger partial charge in [-0.25, -0.2) is 5.43 Å². The van der Waals surface area contributed by atoms with Crippen molar-refractivity contribution in [3.8, 4) is 17.2 Å². The zero-order valence-electron chi connectivity index (χ0n) is 21.3. The van der Waals surface area contributed by atoms with Gasteiger partial charge in [-0.15, -0.1) is 0 Å². The zero-order chi connectivity index (χ0) is 26.1. The van der Waals surface area contributed by atoms with E-state index in [-0.39, 0.29) is 12.5 Å². The summed E-state index contributed by atoms with van der Waals surface area (Å²) < 4.78 is 18.2. The van der Waals surface area contributed by atoms with Gasteiger partial charge >= 0.3 is 0 Å². The van der Waals surface area contributed by atoms with Crippen LogP contribution in [-0.2, 0) is 11.4 Å². The molecule has 3 aromatic carbocycles. The van der Waals surface area contributed by atoms with Crippen LogP contribution in [0.1, 0.15) is 56.6 Å². The van der Waals surface area contributed by atoms with Crippen molar-refractivity contribution in [2.75, 3.05) is 13.2 Å². The van der Waals surface area contributed by atoms with E-state index in [0.29, 0.717) is 19.0 Å². The first-order chi connectivity index (χ1) is 18.1. The molecule has 1 N–H and O–H groups in total. The number of unbranched alkanes of at least 4 members (excludes halogenated alkanes) is 5. The number of rotatable bonds is 16. The average molecular weight is 568 g/mol. The standard InChI is InChI=1S/C30H35BrN2O4/c1-2-3-4-5-6-7-18-35-27-14-16-28(17-15-27)37-23-30(34)33-32-21-24-10-9-13-29(20-24)36-22-25-11-8-12-26(31)19-25/h8-17,19-21H,2-7,18,22-23H2,1H3,(H,33,34)/b32-21-. The predicted octanol–water partition coefficient (Wildman–Crippen LogP) is 7.30. The van der Waals surface area contributed by atoms with Crippen molar-refractivity contribution in [1.29, 1.82) is 0 Å². The van der Waals surface area contributed by atoms with E-state index in [2.05, 4.69) is 33.4 Å². The monoisotopic (exact) mass is 566 g/mol. The molecule has 0 aromatic heterocycles. The first-order valence-electron chi connectivity index (χ1n) is 12.8. The lowest BCUT2D eigenvalue weighted by atomic mass is 10.1. The molecule has 0 aliphatic heterocycles. The zero-order valence-corrected chi connectivity index (χ0v) is 22.9. The Hall–Kier alpha value is -3.32. The van der Waals surface area contributed by atoms with Crippen molar-refractivity contribution in [3.63, 3.8) is 0 Å². The molecule has 0 atom stereocenters. The van der Waals surface area contributed by atoms with Gasteiger partial charge in [0.15, 0.2) is 6.61 Å². The van der Waals surface area contributed by atoms with Crippen LogP contribution in [0.2, 0.25) is 0 Å². The maximum absolute atomic E-state index is 12.1. The van der Waals surface area contributed by atoms with Crippen LogP contribution in [0.5, 0.6) is 17.2 Å². The van der Waals surface area contributed by atoms with Gasteiger partial charge in [0.2, 0.25) is 0 Å². The summed E-state index contributed by atoms with van der Waals surface area (Å²) in [5.41, 5.74) is 4.36. The summed E-state index contributed by atoms with van der Waals surface area (Å²) in [7, 11) is 0. The van der Waals surface area contributed by atoms with Crippen molar-refractivity contribution in [2.24, 2.45) is 5.10 Å². The van der Waals surface area contributed by atoms with Crippen LogP contribution in [0.3, 0.4) is 0 Å². The van der Waals surface area contributed by atoms with Gasteiger partial charge in [0.25, 0.3) is 5.91 Å². The summed E-state index contributed by atoms with van der Waals surface area (Å²) in [4.78, 5) is 12.1. The van der Waals surface area contributed by atoms with Crippen molar-refractivity contribution in [3.05, 3.63) is 88.4 Å². The average Bonchev–Trinajstić information content (AvgIpc) is 2.91. The van der Waals surface area contributed by atoms with Gasteiger partial charge < -0.3 is 14.2 Å². The Morgan fingerprint density at radius 3 is 2.35 bits per heavy atom. The molecule has 0 radical (unpaired) electrons. The molecule has 37 heavy (non-hydrogen) atoms. The number of nitrogens with zero attached hydrogens (tertiary/aromatic N) is 1. The number of carbonyl (C=O) groups is 1. The molecular weight excluding hydrogens is 532 g/mol. The van der Waals surface area contributed by atoms with E-state index in [1.54, 1.807) is 18.3 Å². The molecule has 0 saturated carbocycles. The smallest absolute Gasteiger partial charge is 0.277 e. The molecule has 196 valence electrons. The second-order valence-corrected chi connectivity index (χ2v) is 9.58. The van der Waals surface area contributed by atoms with Crippen molar-refractivity contribution < 1.29 is 19.0 Å². The summed E-state index contributed by atoms with van der Waals surface area (Å²) in [5.74, 6) is 1.78. The summed E-state index contributed by atoms with van der Waals surface area (Å²) in [6, 6.07) is 22.8. The number of amides is 1. The number of nitrogens with one attached hydrogen (secondary N) is 1. The molecule has 0 saturated heterocycles. The van der Waals surface area contributed by atoms with Gasteiger partial charge in [-0.3, -0.25) is 4.79 Å². The molecule has 0 heterocycles. The minimum Gasteiger partial charge on any atom is -0.494 e. The Kier molecular flexibility index (Phi) is 12.5. The van der Waals surface area contributed by atoms with E-state index < -0.39 is 0 Å². The number of carbonyl (C=O) groups excluding carboxylic acids is 1. The molecule has 0 bridgehead atoms. The van der Waals surface area contributed by atoms with Crippen LogP contribution in [-0.4, -0.2) is 25.3 Å². The third-order valence-electron chi connectivity index (χ3n) is 5.52. The molecule has 7 heteroatoms. The molecule has 1 amide bonds. The largest absolute Gasteiger partial charge is 0.494 e. The number of halogens is 1. The minimum atomic E-state index is -0.346. The third kappa shape index (κ3) is 11.5. The number of benzene rings is 3. The Bertz CT molecular complexity index is 1120. The van der Waals surface area contributed by atoms with Crippen LogP contribution >= 0.6 is 15.9 Å². The van der Waals surface area contributed by atoms with E-state index >= 15 is 0 Å². The highest BCUT2D eigenvalue weighted by Gasteiger charge is 2.03. The second kappa shape index (κ2) is 16.4. The number of hydrazone groups is 1. The highest BCUT2D eigenvalue weighted by molar-refractivity contribution is 9.10. The fourth-order valence-corrected chi connectivity index (χ4v) is 3.99. The normalized spacial score (nSPS) is 10.9. The Balaban J connectivity index is 1.33. The van der Waals surface area contributed by atoms with Crippen molar-refractivity contribution in [1.82, 2.24) is 5.43 Å². The van der Waals surface area contributed by atoms with Crippen LogP contribution < -0.4 is 19.6 Å². The molecular formula is C30H35BrN2O4. The van der Waals surface area contributed by atoms with E-state index in [1.807, 2.05) is 60.7 Å². The van der Waals surface area contributed by atoms with Gasteiger partial charge in [-0.05, 0) is 66.1 Å². The Labute approximate surface area is 228 Å². The number of hydrogen-bond donors (Lipinski definition) is 1. The summed E-state index contributed by atoms with van der Waals surface area (Å²) >= 11 is 3.46.